The van der Waals surface area contributed by atoms with E-state index in [-0.39, 0.29) is 11.4 Å². The van der Waals surface area contributed by atoms with Crippen molar-refractivity contribution in [2.75, 3.05) is 6.54 Å². The first kappa shape index (κ1) is 15.4. The molecule has 0 aliphatic carbocycles. The summed E-state index contributed by atoms with van der Waals surface area (Å²) in [6.45, 7) is 7.65. The number of nitrogens with zero attached hydrogens (tertiary/aromatic N) is 2. The van der Waals surface area contributed by atoms with Gasteiger partial charge in [0, 0.05) is 18.2 Å². The molecule has 0 spiro atoms. The maximum Gasteiger partial charge on any atom is 0.173 e. The topological polar surface area (TPSA) is 61.8 Å². The molecule has 0 radical (unpaired) electrons. The minimum atomic E-state index is -0.417. The Bertz CT molecular complexity index is 448. The molecule has 0 bridgehead atoms. The SMILES string of the molecule is CCC(C)N(CC)Cc1cccc(/C(N)=N/O)c1F. The van der Waals surface area contributed by atoms with E-state index in [0.29, 0.717) is 18.2 Å². The fraction of sp³-hybridized carbons (Fsp3) is 0.500. The van der Waals surface area contributed by atoms with E-state index in [0.717, 1.165) is 13.0 Å². The van der Waals surface area contributed by atoms with E-state index in [1.165, 1.54) is 6.07 Å². The van der Waals surface area contributed by atoms with E-state index in [9.17, 15) is 4.39 Å². The summed E-state index contributed by atoms with van der Waals surface area (Å²) in [4.78, 5) is 2.19. The Hall–Kier alpha value is -1.62. The van der Waals surface area contributed by atoms with Crippen LogP contribution in [0.2, 0.25) is 0 Å². The van der Waals surface area contributed by atoms with Crippen LogP contribution in [0.15, 0.2) is 23.4 Å². The molecule has 19 heavy (non-hydrogen) atoms. The highest BCUT2D eigenvalue weighted by molar-refractivity contribution is 5.97. The van der Waals surface area contributed by atoms with Crippen molar-refractivity contribution in [3.63, 3.8) is 0 Å². The van der Waals surface area contributed by atoms with Crippen molar-refractivity contribution in [1.82, 2.24) is 4.90 Å². The molecule has 1 rings (SSSR count). The molecule has 1 atom stereocenters. The normalized spacial score (nSPS) is 13.8. The minimum absolute atomic E-state index is 0.139. The molecule has 0 aromatic heterocycles. The molecule has 3 N–H and O–H groups in total. The zero-order valence-electron chi connectivity index (χ0n) is 11.7. The van der Waals surface area contributed by atoms with E-state index >= 15 is 0 Å². The Labute approximate surface area is 113 Å². The lowest BCUT2D eigenvalue weighted by molar-refractivity contribution is 0.203. The molecule has 0 saturated carbocycles. The second-order valence-corrected chi connectivity index (χ2v) is 4.58. The number of nitrogens with two attached hydrogens (primary N) is 1. The largest absolute Gasteiger partial charge is 0.409 e. The molecule has 4 nitrogen and oxygen atoms in total. The van der Waals surface area contributed by atoms with Gasteiger partial charge in [-0.25, -0.2) is 4.39 Å². The van der Waals surface area contributed by atoms with Crippen LogP contribution in [0, 0.1) is 5.82 Å². The molecule has 1 unspecified atom stereocenters. The molecular formula is C14H22FN3O. The van der Waals surface area contributed by atoms with Crippen LogP contribution in [-0.2, 0) is 6.54 Å². The lowest BCUT2D eigenvalue weighted by Gasteiger charge is -2.27. The zero-order chi connectivity index (χ0) is 14.4. The summed E-state index contributed by atoms with van der Waals surface area (Å²) < 4.78 is 14.3. The first-order chi connectivity index (χ1) is 9.04. The second kappa shape index (κ2) is 7.09. The monoisotopic (exact) mass is 267 g/mol. The van der Waals surface area contributed by atoms with Gasteiger partial charge in [0.2, 0.25) is 0 Å². The number of rotatable bonds is 6. The molecule has 0 aliphatic rings. The van der Waals surface area contributed by atoms with Gasteiger partial charge < -0.3 is 10.9 Å². The zero-order valence-corrected chi connectivity index (χ0v) is 11.7. The summed E-state index contributed by atoms with van der Waals surface area (Å²) in [7, 11) is 0. The number of amidine groups is 1. The van der Waals surface area contributed by atoms with Gasteiger partial charge in [-0.2, -0.15) is 0 Å². The molecule has 1 aromatic carbocycles. The Morgan fingerprint density at radius 3 is 2.68 bits per heavy atom. The molecule has 0 amide bonds. The lowest BCUT2D eigenvalue weighted by Crippen LogP contribution is -2.32. The van der Waals surface area contributed by atoms with E-state index in [1.54, 1.807) is 12.1 Å². The average Bonchev–Trinajstić information content (AvgIpc) is 2.44. The third-order valence-corrected chi connectivity index (χ3v) is 3.46. The maximum absolute atomic E-state index is 14.3. The van der Waals surface area contributed by atoms with Gasteiger partial charge in [-0.05, 0) is 26.0 Å². The minimum Gasteiger partial charge on any atom is -0.409 e. The average molecular weight is 267 g/mol. The van der Waals surface area contributed by atoms with Crippen LogP contribution < -0.4 is 5.73 Å². The standard InChI is InChI=1S/C14H22FN3O/c1-4-10(3)18(5-2)9-11-7-6-8-12(13(11)15)14(16)17-19/h6-8,10,19H,4-5,9H2,1-3H3,(H2,16,17). The molecule has 0 aliphatic heterocycles. The third kappa shape index (κ3) is 3.67. The fourth-order valence-electron chi connectivity index (χ4n) is 2.01. The number of oxime groups is 1. The Balaban J connectivity index is 3.02. The van der Waals surface area contributed by atoms with E-state index in [4.69, 9.17) is 10.9 Å². The first-order valence-electron chi connectivity index (χ1n) is 6.54. The third-order valence-electron chi connectivity index (χ3n) is 3.46. The number of hydrogen-bond acceptors (Lipinski definition) is 3. The summed E-state index contributed by atoms with van der Waals surface area (Å²) in [6.07, 6.45) is 1.01. The van der Waals surface area contributed by atoms with Crippen LogP contribution in [0.1, 0.15) is 38.3 Å². The molecule has 5 heteroatoms. The van der Waals surface area contributed by atoms with Gasteiger partial charge >= 0.3 is 0 Å². The van der Waals surface area contributed by atoms with E-state index in [2.05, 4.69) is 30.8 Å². The molecule has 0 heterocycles. The van der Waals surface area contributed by atoms with Gasteiger partial charge in [0.05, 0.1) is 5.56 Å². The van der Waals surface area contributed by atoms with Gasteiger partial charge in [0.25, 0.3) is 0 Å². The van der Waals surface area contributed by atoms with Crippen molar-refractivity contribution >= 4 is 5.84 Å². The Morgan fingerprint density at radius 1 is 1.47 bits per heavy atom. The van der Waals surface area contributed by atoms with E-state index in [1.807, 2.05) is 0 Å². The van der Waals surface area contributed by atoms with Gasteiger partial charge in [0.15, 0.2) is 5.84 Å². The maximum atomic E-state index is 14.3. The van der Waals surface area contributed by atoms with Crippen LogP contribution in [0.25, 0.3) is 0 Å². The van der Waals surface area contributed by atoms with Crippen molar-refractivity contribution in [2.45, 2.75) is 39.8 Å². The van der Waals surface area contributed by atoms with Gasteiger partial charge in [-0.3, -0.25) is 4.90 Å². The Kier molecular flexibility index (Phi) is 5.76. The fourth-order valence-corrected chi connectivity index (χ4v) is 2.01. The number of benzene rings is 1. The van der Waals surface area contributed by atoms with E-state index < -0.39 is 5.82 Å². The van der Waals surface area contributed by atoms with Gasteiger partial charge in [-0.15, -0.1) is 0 Å². The van der Waals surface area contributed by atoms with Crippen LogP contribution in [0.5, 0.6) is 0 Å². The molecule has 1 aromatic rings. The Morgan fingerprint density at radius 2 is 2.16 bits per heavy atom. The smallest absolute Gasteiger partial charge is 0.173 e. The van der Waals surface area contributed by atoms with Gasteiger partial charge in [-0.1, -0.05) is 31.1 Å². The summed E-state index contributed by atoms with van der Waals surface area (Å²) in [5.41, 5.74) is 6.16. The molecule has 0 fully saturated rings. The van der Waals surface area contributed by atoms with Crippen molar-refractivity contribution in [2.24, 2.45) is 10.9 Å². The first-order valence-corrected chi connectivity index (χ1v) is 6.54. The summed E-state index contributed by atoms with van der Waals surface area (Å²) >= 11 is 0. The van der Waals surface area contributed by atoms with Crippen molar-refractivity contribution in [1.29, 1.82) is 0 Å². The molecule has 106 valence electrons. The predicted molar refractivity (Wildman–Crippen MR) is 74.7 cm³/mol. The molecule has 0 saturated heterocycles. The quantitative estimate of drug-likeness (QED) is 0.360. The number of hydrogen-bond donors (Lipinski definition) is 2. The summed E-state index contributed by atoms with van der Waals surface area (Å²) in [5.74, 6) is -0.620. The van der Waals surface area contributed by atoms with Crippen LogP contribution in [0.4, 0.5) is 4.39 Å². The highest BCUT2D eigenvalue weighted by Gasteiger charge is 2.16. The highest BCUT2D eigenvalue weighted by atomic mass is 19.1. The van der Waals surface area contributed by atoms with Crippen molar-refractivity contribution in [3.05, 3.63) is 35.1 Å². The van der Waals surface area contributed by atoms with Gasteiger partial charge in [0.1, 0.15) is 5.82 Å². The van der Waals surface area contributed by atoms with Crippen LogP contribution in [0.3, 0.4) is 0 Å². The highest BCUT2D eigenvalue weighted by Crippen LogP contribution is 2.17. The van der Waals surface area contributed by atoms with Crippen molar-refractivity contribution in [3.8, 4) is 0 Å². The van der Waals surface area contributed by atoms with Crippen LogP contribution in [-0.4, -0.2) is 28.5 Å². The van der Waals surface area contributed by atoms with Crippen LogP contribution >= 0.6 is 0 Å². The van der Waals surface area contributed by atoms with Crippen molar-refractivity contribution < 1.29 is 9.60 Å². The number of halogens is 1. The lowest BCUT2D eigenvalue weighted by atomic mass is 10.1. The predicted octanol–water partition coefficient (Wildman–Crippen LogP) is 2.54. The second-order valence-electron chi connectivity index (χ2n) is 4.58. The summed E-state index contributed by atoms with van der Waals surface area (Å²) in [6, 6.07) is 5.34. The molecular weight excluding hydrogens is 245 g/mol. The summed E-state index contributed by atoms with van der Waals surface area (Å²) in [5, 5.41) is 11.5.